The molecule has 0 fully saturated rings. The van der Waals surface area contributed by atoms with Crippen molar-refractivity contribution in [2.45, 2.75) is 27.5 Å². The largest absolute Gasteiger partial charge is 0.325 e. The maximum atomic E-state index is 12.4. The van der Waals surface area contributed by atoms with Gasteiger partial charge in [-0.2, -0.15) is 0 Å². The lowest BCUT2D eigenvalue weighted by Gasteiger charge is -2.11. The Morgan fingerprint density at radius 2 is 1.55 bits per heavy atom. The van der Waals surface area contributed by atoms with Gasteiger partial charge in [-0.15, -0.1) is 0 Å². The van der Waals surface area contributed by atoms with Crippen molar-refractivity contribution in [2.75, 3.05) is 12.4 Å². The average molecular weight is 427 g/mol. The predicted molar refractivity (Wildman–Crippen MR) is 117 cm³/mol. The van der Waals surface area contributed by atoms with Crippen LogP contribution in [-0.2, 0) is 21.2 Å². The third kappa shape index (κ3) is 5.93. The quantitative estimate of drug-likeness (QED) is 0.563. The number of rotatable bonds is 8. The summed E-state index contributed by atoms with van der Waals surface area (Å²) >= 11 is 1.60. The molecule has 0 aliphatic heterocycles. The van der Waals surface area contributed by atoms with Gasteiger partial charge in [0.25, 0.3) is 0 Å². The van der Waals surface area contributed by atoms with Gasteiger partial charge in [-0.1, -0.05) is 54.2 Å². The van der Waals surface area contributed by atoms with Crippen LogP contribution in [0.15, 0.2) is 93.5 Å². The Kier molecular flexibility index (Phi) is 7.09. The summed E-state index contributed by atoms with van der Waals surface area (Å²) in [4.78, 5) is 14.7. The van der Waals surface area contributed by atoms with Crippen LogP contribution in [0.25, 0.3) is 0 Å². The summed E-state index contributed by atoms with van der Waals surface area (Å²) in [6, 6.07) is 24.3. The standard InChI is InChI=1S/C22H22N2O3S2/c1-23-29(26,27)19-14-11-17(12-15-19)13-16-22(25)24-20-9-5-6-10-21(20)28-18-7-3-2-4-8-18/h2-12,14-15,23H,13,16H2,1H3,(H,24,25). The van der Waals surface area contributed by atoms with Gasteiger partial charge < -0.3 is 5.32 Å². The molecule has 0 saturated carbocycles. The van der Waals surface area contributed by atoms with E-state index in [-0.39, 0.29) is 10.8 Å². The third-order valence-electron chi connectivity index (χ3n) is 4.28. The number of sulfonamides is 1. The molecule has 0 aliphatic rings. The first-order valence-electron chi connectivity index (χ1n) is 9.12. The molecule has 0 aromatic heterocycles. The first kappa shape index (κ1) is 21.1. The predicted octanol–water partition coefficient (Wildman–Crippen LogP) is 4.32. The molecule has 0 radical (unpaired) electrons. The van der Waals surface area contributed by atoms with Crippen molar-refractivity contribution in [2.24, 2.45) is 0 Å². The van der Waals surface area contributed by atoms with Crippen LogP contribution < -0.4 is 10.0 Å². The summed E-state index contributed by atoms with van der Waals surface area (Å²) < 4.78 is 25.8. The van der Waals surface area contributed by atoms with Gasteiger partial charge in [-0.05, 0) is 55.4 Å². The number of hydrogen-bond donors (Lipinski definition) is 2. The van der Waals surface area contributed by atoms with Crippen molar-refractivity contribution in [3.8, 4) is 0 Å². The first-order valence-corrected chi connectivity index (χ1v) is 11.4. The van der Waals surface area contributed by atoms with Crippen LogP contribution >= 0.6 is 11.8 Å². The molecule has 0 bridgehead atoms. The van der Waals surface area contributed by atoms with Crippen LogP contribution in [0.2, 0.25) is 0 Å². The molecule has 5 nitrogen and oxygen atoms in total. The van der Waals surface area contributed by atoms with Gasteiger partial charge in [0.05, 0.1) is 10.6 Å². The lowest BCUT2D eigenvalue weighted by atomic mass is 10.1. The normalized spacial score (nSPS) is 11.2. The Balaban J connectivity index is 1.60. The summed E-state index contributed by atoms with van der Waals surface area (Å²) in [6.07, 6.45) is 0.835. The number of carbonyl (C=O) groups is 1. The number of para-hydroxylation sites is 1. The molecular formula is C22H22N2O3S2. The molecule has 3 aromatic carbocycles. The van der Waals surface area contributed by atoms with E-state index in [0.717, 1.165) is 21.0 Å². The molecule has 0 aliphatic carbocycles. The highest BCUT2D eigenvalue weighted by atomic mass is 32.2. The number of benzene rings is 3. The van der Waals surface area contributed by atoms with Crippen molar-refractivity contribution in [3.63, 3.8) is 0 Å². The molecule has 150 valence electrons. The van der Waals surface area contributed by atoms with Crippen molar-refractivity contribution in [1.29, 1.82) is 0 Å². The number of nitrogens with one attached hydrogen (secondary N) is 2. The molecule has 0 atom stereocenters. The molecule has 3 rings (SSSR count). The third-order valence-corrected chi connectivity index (χ3v) is 6.79. The lowest BCUT2D eigenvalue weighted by molar-refractivity contribution is -0.116. The van der Waals surface area contributed by atoms with Crippen LogP contribution in [0, 0.1) is 0 Å². The lowest BCUT2D eigenvalue weighted by Crippen LogP contribution is -2.18. The van der Waals surface area contributed by atoms with Crippen LogP contribution in [0.5, 0.6) is 0 Å². The Hall–Kier alpha value is -2.61. The van der Waals surface area contributed by atoms with Gasteiger partial charge in [0, 0.05) is 16.2 Å². The number of hydrogen-bond acceptors (Lipinski definition) is 4. The van der Waals surface area contributed by atoms with Gasteiger partial charge in [0.2, 0.25) is 15.9 Å². The highest BCUT2D eigenvalue weighted by Crippen LogP contribution is 2.33. The van der Waals surface area contributed by atoms with Crippen LogP contribution in [0.4, 0.5) is 5.69 Å². The molecule has 7 heteroatoms. The van der Waals surface area contributed by atoms with Crippen molar-refractivity contribution >= 4 is 33.4 Å². The van der Waals surface area contributed by atoms with Crippen LogP contribution in [-0.4, -0.2) is 21.4 Å². The SMILES string of the molecule is CNS(=O)(=O)c1ccc(CCC(=O)Nc2ccccc2Sc2ccccc2)cc1. The second kappa shape index (κ2) is 9.73. The zero-order valence-electron chi connectivity index (χ0n) is 16.0. The number of amides is 1. The van der Waals surface area contributed by atoms with E-state index in [1.165, 1.54) is 7.05 Å². The van der Waals surface area contributed by atoms with Crippen molar-refractivity contribution in [1.82, 2.24) is 4.72 Å². The van der Waals surface area contributed by atoms with Gasteiger partial charge in [-0.3, -0.25) is 4.79 Å². The summed E-state index contributed by atoms with van der Waals surface area (Å²) in [5.74, 6) is -0.0852. The summed E-state index contributed by atoms with van der Waals surface area (Å²) in [7, 11) is -2.07. The minimum Gasteiger partial charge on any atom is -0.325 e. The van der Waals surface area contributed by atoms with Gasteiger partial charge in [-0.25, -0.2) is 13.1 Å². The van der Waals surface area contributed by atoms with Gasteiger partial charge in [0.1, 0.15) is 0 Å². The second-order valence-corrected chi connectivity index (χ2v) is 9.31. The highest BCUT2D eigenvalue weighted by Gasteiger charge is 2.11. The molecule has 0 spiro atoms. The monoisotopic (exact) mass is 426 g/mol. The molecule has 0 heterocycles. The second-order valence-electron chi connectivity index (χ2n) is 6.31. The Labute approximate surface area is 175 Å². The van der Waals surface area contributed by atoms with E-state index in [4.69, 9.17) is 0 Å². The van der Waals surface area contributed by atoms with E-state index < -0.39 is 10.0 Å². The average Bonchev–Trinajstić information content (AvgIpc) is 2.75. The topological polar surface area (TPSA) is 75.3 Å². The van der Waals surface area contributed by atoms with Crippen LogP contribution in [0.1, 0.15) is 12.0 Å². The fraction of sp³-hybridized carbons (Fsp3) is 0.136. The maximum absolute atomic E-state index is 12.4. The Morgan fingerprint density at radius 1 is 0.897 bits per heavy atom. The zero-order chi connectivity index (χ0) is 20.7. The fourth-order valence-corrected chi connectivity index (χ4v) is 4.35. The zero-order valence-corrected chi connectivity index (χ0v) is 17.6. The Bertz CT molecular complexity index is 1070. The van der Waals surface area contributed by atoms with E-state index in [0.29, 0.717) is 12.8 Å². The molecular weight excluding hydrogens is 404 g/mol. The summed E-state index contributed by atoms with van der Waals surface area (Å²) in [5.41, 5.74) is 1.68. The molecule has 0 saturated heterocycles. The first-order chi connectivity index (χ1) is 14.0. The van der Waals surface area contributed by atoms with Gasteiger partial charge >= 0.3 is 0 Å². The number of anilines is 1. The van der Waals surface area contributed by atoms with E-state index >= 15 is 0 Å². The minimum atomic E-state index is -3.45. The fourth-order valence-electron chi connectivity index (χ4n) is 2.70. The van der Waals surface area contributed by atoms with E-state index in [1.807, 2.05) is 54.6 Å². The van der Waals surface area contributed by atoms with E-state index in [2.05, 4.69) is 10.0 Å². The van der Waals surface area contributed by atoms with Crippen LogP contribution in [0.3, 0.4) is 0 Å². The van der Waals surface area contributed by atoms with E-state index in [1.54, 1.807) is 36.0 Å². The van der Waals surface area contributed by atoms with Gasteiger partial charge in [0.15, 0.2) is 0 Å². The number of aryl methyl sites for hydroxylation is 1. The van der Waals surface area contributed by atoms with Crippen molar-refractivity contribution < 1.29 is 13.2 Å². The number of carbonyl (C=O) groups excluding carboxylic acids is 1. The summed E-state index contributed by atoms with van der Waals surface area (Å²) in [6.45, 7) is 0. The smallest absolute Gasteiger partial charge is 0.240 e. The minimum absolute atomic E-state index is 0.0852. The highest BCUT2D eigenvalue weighted by molar-refractivity contribution is 7.99. The molecule has 1 amide bonds. The van der Waals surface area contributed by atoms with E-state index in [9.17, 15) is 13.2 Å². The Morgan fingerprint density at radius 3 is 2.24 bits per heavy atom. The maximum Gasteiger partial charge on any atom is 0.240 e. The van der Waals surface area contributed by atoms with Crippen molar-refractivity contribution in [3.05, 3.63) is 84.4 Å². The molecule has 0 unspecified atom stereocenters. The molecule has 3 aromatic rings. The summed E-state index contributed by atoms with van der Waals surface area (Å²) in [5, 5.41) is 2.98. The molecule has 2 N–H and O–H groups in total. The molecule has 29 heavy (non-hydrogen) atoms.